The molecule has 3 aromatic carbocycles. The molecule has 3 rings (SSSR count). The van der Waals surface area contributed by atoms with Crippen molar-refractivity contribution in [2.75, 3.05) is 98.3 Å². The Bertz CT molecular complexity index is 1710. The molecule has 0 heterocycles. The van der Waals surface area contributed by atoms with E-state index in [2.05, 4.69) is 74.7 Å². The van der Waals surface area contributed by atoms with Gasteiger partial charge in [-0.3, -0.25) is 14.4 Å². The van der Waals surface area contributed by atoms with Gasteiger partial charge in [0, 0.05) is 78.8 Å². The summed E-state index contributed by atoms with van der Waals surface area (Å²) in [6.45, 7) is 0.602. The molecule has 0 aliphatic carbocycles. The van der Waals surface area contributed by atoms with Crippen LogP contribution in [0.15, 0.2) is 72.8 Å². The molecule has 3 aromatic rings. The maximum atomic E-state index is 12.6. The zero-order valence-corrected chi connectivity index (χ0v) is 33.3. The van der Waals surface area contributed by atoms with Gasteiger partial charge in [0.25, 0.3) is 0 Å². The standard InChI is InChI=1S/C41H61N9O7/c1-46-23-29-5-7-30(8-6-29)41(31-9-13-33(14-10-31)50(2)3)32-11-15-34(16-12-32)54-18-4-17-47-38(51)26-57-37(24-48-39(52)27-55-35(19-42)20-43)25-49-40(53)28-56-36(21-44)22-45/h5-16,23,35-37,46H,4,17-22,24-28,42-45H2,1-3H3,(H,47,51)(H,48,52)(H,49,53). The van der Waals surface area contributed by atoms with E-state index in [9.17, 15) is 14.4 Å². The van der Waals surface area contributed by atoms with E-state index in [1.807, 2.05) is 51.6 Å². The van der Waals surface area contributed by atoms with Gasteiger partial charge in [-0.25, -0.2) is 0 Å². The van der Waals surface area contributed by atoms with Gasteiger partial charge in [-0.2, -0.15) is 0 Å². The summed E-state index contributed by atoms with van der Waals surface area (Å²) in [6, 6.07) is 24.9. The fourth-order valence-electron chi connectivity index (χ4n) is 5.39. The number of ether oxygens (including phenoxy) is 4. The summed E-state index contributed by atoms with van der Waals surface area (Å²) in [5.74, 6) is -0.518. The molecular formula is C41H61N9O7. The number of carbonyl (C=O) groups excluding carboxylic acids is 3. The number of anilines is 1. The van der Waals surface area contributed by atoms with Crippen LogP contribution in [-0.4, -0.2) is 129 Å². The highest BCUT2D eigenvalue weighted by atomic mass is 16.5. The Hall–Kier alpha value is -5.07. The lowest BCUT2D eigenvalue weighted by Crippen LogP contribution is -2.45. The van der Waals surface area contributed by atoms with Crippen molar-refractivity contribution in [1.29, 1.82) is 0 Å². The molecule has 0 radical (unpaired) electrons. The maximum Gasteiger partial charge on any atom is 0.246 e. The molecule has 0 aliphatic heterocycles. The van der Waals surface area contributed by atoms with Crippen LogP contribution in [0.5, 0.6) is 5.75 Å². The van der Waals surface area contributed by atoms with Crippen LogP contribution in [0.25, 0.3) is 11.8 Å². The van der Waals surface area contributed by atoms with Crippen molar-refractivity contribution in [3.8, 4) is 5.75 Å². The number of carbonyl (C=O) groups is 3. The van der Waals surface area contributed by atoms with E-state index < -0.39 is 30.1 Å². The molecule has 3 amide bonds. The summed E-state index contributed by atoms with van der Waals surface area (Å²) in [7, 11) is 5.92. The Morgan fingerprint density at radius 1 is 0.649 bits per heavy atom. The normalized spacial score (nSPS) is 11.1. The molecule has 16 nitrogen and oxygen atoms in total. The van der Waals surface area contributed by atoms with Gasteiger partial charge in [-0.15, -0.1) is 0 Å². The number of nitrogens with two attached hydrogens (primary N) is 4. The van der Waals surface area contributed by atoms with E-state index in [0.717, 1.165) is 32.8 Å². The first kappa shape index (κ1) is 46.3. The van der Waals surface area contributed by atoms with Crippen LogP contribution in [0, 0.1) is 0 Å². The minimum atomic E-state index is -0.735. The Balaban J connectivity index is 1.52. The Labute approximate surface area is 335 Å². The van der Waals surface area contributed by atoms with Crippen LogP contribution in [0.4, 0.5) is 5.69 Å². The topological polar surface area (TPSA) is 244 Å². The smallest absolute Gasteiger partial charge is 0.246 e. The average Bonchev–Trinajstić information content (AvgIpc) is 3.22. The predicted octanol–water partition coefficient (Wildman–Crippen LogP) is -1.93. The summed E-state index contributed by atoms with van der Waals surface area (Å²) < 4.78 is 22.5. The summed E-state index contributed by atoms with van der Waals surface area (Å²) in [6.07, 6.45) is 0.865. The lowest BCUT2D eigenvalue weighted by atomic mass is 9.95. The Kier molecular flexibility index (Phi) is 21.1. The van der Waals surface area contributed by atoms with Gasteiger partial charge in [0.05, 0.1) is 24.9 Å². The van der Waals surface area contributed by atoms with Gasteiger partial charge < -0.3 is 68.0 Å². The maximum absolute atomic E-state index is 12.6. The predicted molar refractivity (Wildman–Crippen MR) is 223 cm³/mol. The molecule has 12 N–H and O–H groups in total. The minimum Gasteiger partial charge on any atom is -0.494 e. The van der Waals surface area contributed by atoms with Crippen LogP contribution in [-0.2, 0) is 28.6 Å². The van der Waals surface area contributed by atoms with Crippen LogP contribution in [0.3, 0.4) is 0 Å². The van der Waals surface area contributed by atoms with Gasteiger partial charge in [0.2, 0.25) is 17.7 Å². The van der Waals surface area contributed by atoms with E-state index in [4.69, 9.17) is 41.9 Å². The zero-order valence-electron chi connectivity index (χ0n) is 33.3. The molecule has 0 aliphatic rings. The summed E-state index contributed by atoms with van der Waals surface area (Å²) in [5, 5.41) is 13.4. The lowest BCUT2D eigenvalue weighted by Gasteiger charge is -2.20. The van der Waals surface area contributed by atoms with Crippen LogP contribution in [0.1, 0.15) is 17.5 Å². The van der Waals surface area contributed by atoms with Gasteiger partial charge in [0.15, 0.2) is 0 Å². The number of amides is 3. The molecule has 0 fully saturated rings. The summed E-state index contributed by atoms with van der Waals surface area (Å²) in [4.78, 5) is 39.4. The van der Waals surface area contributed by atoms with Crippen molar-refractivity contribution in [2.24, 2.45) is 22.9 Å². The quantitative estimate of drug-likeness (QED) is 0.0414. The zero-order chi connectivity index (χ0) is 41.4. The molecule has 0 aromatic heterocycles. The fraction of sp³-hybridized carbons (Fsp3) is 0.439. The van der Waals surface area contributed by atoms with Crippen molar-refractivity contribution in [3.63, 3.8) is 0 Å². The van der Waals surface area contributed by atoms with Crippen molar-refractivity contribution in [3.05, 3.63) is 94.4 Å². The van der Waals surface area contributed by atoms with Crippen molar-refractivity contribution in [2.45, 2.75) is 24.7 Å². The van der Waals surface area contributed by atoms with E-state index in [0.29, 0.717) is 25.3 Å². The largest absolute Gasteiger partial charge is 0.494 e. The Morgan fingerprint density at radius 3 is 1.60 bits per heavy atom. The number of nitrogens with one attached hydrogen (secondary N) is 4. The second-order valence-electron chi connectivity index (χ2n) is 13.3. The van der Waals surface area contributed by atoms with Gasteiger partial charge in [-0.05, 0) is 57.8 Å². The van der Waals surface area contributed by atoms with E-state index >= 15 is 0 Å². The van der Waals surface area contributed by atoms with Crippen molar-refractivity contribution >= 4 is 35.2 Å². The number of benzene rings is 3. The third-order valence-corrected chi connectivity index (χ3v) is 8.69. The highest BCUT2D eigenvalue weighted by Crippen LogP contribution is 2.25. The lowest BCUT2D eigenvalue weighted by molar-refractivity contribution is -0.130. The molecule has 0 unspecified atom stereocenters. The second-order valence-corrected chi connectivity index (χ2v) is 13.3. The molecule has 0 spiro atoms. The average molecular weight is 792 g/mol. The highest BCUT2D eigenvalue weighted by molar-refractivity contribution is 5.80. The molecule has 312 valence electrons. The van der Waals surface area contributed by atoms with Crippen LogP contribution < -0.4 is 64.3 Å². The van der Waals surface area contributed by atoms with Crippen LogP contribution in [0.2, 0.25) is 0 Å². The molecule has 0 atom stereocenters. The third-order valence-electron chi connectivity index (χ3n) is 8.69. The Morgan fingerprint density at radius 2 is 1.12 bits per heavy atom. The minimum absolute atomic E-state index is 0.00292. The fourth-order valence-corrected chi connectivity index (χ4v) is 5.39. The highest BCUT2D eigenvalue weighted by Gasteiger charge is 2.17. The van der Waals surface area contributed by atoms with Gasteiger partial charge in [0.1, 0.15) is 25.6 Å². The third kappa shape index (κ3) is 16.9. The van der Waals surface area contributed by atoms with E-state index in [-0.39, 0.29) is 65.0 Å². The molecule has 16 heteroatoms. The van der Waals surface area contributed by atoms with E-state index in [1.165, 1.54) is 0 Å². The van der Waals surface area contributed by atoms with Gasteiger partial charge >= 0.3 is 0 Å². The van der Waals surface area contributed by atoms with Crippen molar-refractivity contribution < 1.29 is 33.3 Å². The first-order valence-electron chi connectivity index (χ1n) is 19.0. The number of nitrogens with zero attached hydrogens (tertiary/aromatic N) is 1. The monoisotopic (exact) mass is 791 g/mol. The number of rotatable bonds is 26. The van der Waals surface area contributed by atoms with E-state index in [1.54, 1.807) is 0 Å². The van der Waals surface area contributed by atoms with Gasteiger partial charge in [-0.1, -0.05) is 48.5 Å². The molecule has 57 heavy (non-hydrogen) atoms. The first-order chi connectivity index (χ1) is 27.6. The van der Waals surface area contributed by atoms with Crippen molar-refractivity contribution in [1.82, 2.24) is 21.3 Å². The van der Waals surface area contributed by atoms with Crippen LogP contribution >= 0.6 is 0 Å². The number of hydrogen-bond acceptors (Lipinski definition) is 13. The molecule has 0 saturated carbocycles. The summed E-state index contributed by atoms with van der Waals surface area (Å²) in [5.41, 5.74) is 26.6. The SMILES string of the molecule is CNC=c1ccc(=C(c2ccc(OCCCNC(=O)COC(CNC(=O)COC(CN)CN)CNC(=O)COC(CN)CN)cc2)c2ccc(N(C)C)cc2)cc1. The molecular weight excluding hydrogens is 731 g/mol. The summed E-state index contributed by atoms with van der Waals surface area (Å²) >= 11 is 0. The molecule has 0 bridgehead atoms. The number of hydrogen-bond donors (Lipinski definition) is 8. The molecule has 0 saturated heterocycles. The second kappa shape index (κ2) is 26.0. The first-order valence-corrected chi connectivity index (χ1v) is 19.0.